The molecule has 0 radical (unpaired) electrons. The predicted octanol–water partition coefficient (Wildman–Crippen LogP) is 4.73. The highest BCUT2D eigenvalue weighted by atomic mass is 35.5. The van der Waals surface area contributed by atoms with E-state index in [2.05, 4.69) is 10.2 Å². The summed E-state index contributed by atoms with van der Waals surface area (Å²) >= 11 is 6.84. The van der Waals surface area contributed by atoms with Crippen molar-refractivity contribution in [3.8, 4) is 22.5 Å². The molecule has 0 saturated heterocycles. The summed E-state index contributed by atoms with van der Waals surface area (Å²) in [6, 6.07) is 19.0. The summed E-state index contributed by atoms with van der Waals surface area (Å²) in [7, 11) is 0. The van der Waals surface area contributed by atoms with Crippen molar-refractivity contribution in [2.24, 2.45) is 0 Å². The first-order chi connectivity index (χ1) is 14.1. The van der Waals surface area contributed by atoms with Gasteiger partial charge < -0.3 is 9.84 Å². The molecule has 0 fully saturated rings. The maximum Gasteiger partial charge on any atom is 0.183 e. The summed E-state index contributed by atoms with van der Waals surface area (Å²) < 4.78 is 6.99. The lowest BCUT2D eigenvalue weighted by molar-refractivity contribution is -0.122. The molecule has 0 amide bonds. The van der Waals surface area contributed by atoms with Gasteiger partial charge >= 0.3 is 0 Å². The Morgan fingerprint density at radius 1 is 0.966 bits per heavy atom. The van der Waals surface area contributed by atoms with Crippen LogP contribution in [0.15, 0.2) is 60.7 Å². The number of rotatable bonds is 6. The van der Waals surface area contributed by atoms with Gasteiger partial charge in [-0.2, -0.15) is 5.10 Å². The molecule has 6 nitrogen and oxygen atoms in total. The largest absolute Gasteiger partial charge is 0.366 e. The minimum absolute atomic E-state index is 0.390. The maximum atomic E-state index is 10.3. The SMILES string of the molecule is CCOC(O)C(C)n1nc(-c2ccccc2)c2c(Cl)c(-c3ccccc3)nnc21. The summed E-state index contributed by atoms with van der Waals surface area (Å²) in [6.07, 6.45) is -1.03. The van der Waals surface area contributed by atoms with E-state index in [-0.39, 0.29) is 0 Å². The Morgan fingerprint density at radius 3 is 2.14 bits per heavy atom. The van der Waals surface area contributed by atoms with Crippen molar-refractivity contribution in [2.45, 2.75) is 26.2 Å². The molecule has 2 aromatic carbocycles. The summed E-state index contributed by atoms with van der Waals surface area (Å²) in [5.74, 6) is 0. The van der Waals surface area contributed by atoms with Crippen LogP contribution in [0.1, 0.15) is 19.9 Å². The molecule has 4 rings (SSSR count). The minimum Gasteiger partial charge on any atom is -0.366 e. The molecule has 2 unspecified atom stereocenters. The van der Waals surface area contributed by atoms with E-state index in [1.165, 1.54) is 0 Å². The van der Waals surface area contributed by atoms with Gasteiger partial charge in [0.05, 0.1) is 10.4 Å². The van der Waals surface area contributed by atoms with E-state index in [4.69, 9.17) is 21.4 Å². The van der Waals surface area contributed by atoms with Gasteiger partial charge in [-0.05, 0) is 13.8 Å². The Balaban J connectivity index is 1.96. The standard InChI is InChI=1S/C22H21ClN4O2/c1-3-29-22(28)14(2)27-21-17(19(26-27)15-10-6-4-7-11-15)18(23)20(24-25-21)16-12-8-5-9-13-16/h4-14,22,28H,3H2,1-2H3. The van der Waals surface area contributed by atoms with Gasteiger partial charge in [-0.25, -0.2) is 4.68 Å². The van der Waals surface area contributed by atoms with Gasteiger partial charge in [0, 0.05) is 17.7 Å². The van der Waals surface area contributed by atoms with Crippen LogP contribution >= 0.6 is 11.6 Å². The zero-order chi connectivity index (χ0) is 20.4. The van der Waals surface area contributed by atoms with E-state index in [1.54, 1.807) is 4.68 Å². The molecule has 1 N–H and O–H groups in total. The van der Waals surface area contributed by atoms with Crippen molar-refractivity contribution in [1.29, 1.82) is 0 Å². The molecule has 2 atom stereocenters. The zero-order valence-electron chi connectivity index (χ0n) is 16.2. The lowest BCUT2D eigenvalue weighted by Gasteiger charge is -2.19. The first kappa shape index (κ1) is 19.5. The second-order valence-electron chi connectivity index (χ2n) is 6.67. The smallest absolute Gasteiger partial charge is 0.183 e. The molecule has 4 aromatic rings. The van der Waals surface area contributed by atoms with Crippen molar-refractivity contribution in [3.63, 3.8) is 0 Å². The third-order valence-corrected chi connectivity index (χ3v) is 5.16. The van der Waals surface area contributed by atoms with Crippen LogP contribution in [-0.4, -0.2) is 38.0 Å². The molecule has 0 spiro atoms. The number of aliphatic hydroxyl groups is 1. The predicted molar refractivity (Wildman–Crippen MR) is 114 cm³/mol. The Morgan fingerprint density at radius 2 is 1.55 bits per heavy atom. The Bertz CT molecular complexity index is 1120. The van der Waals surface area contributed by atoms with Gasteiger partial charge in [0.25, 0.3) is 0 Å². The van der Waals surface area contributed by atoms with E-state index in [0.717, 1.165) is 11.1 Å². The van der Waals surface area contributed by atoms with Gasteiger partial charge in [0.1, 0.15) is 17.4 Å². The summed E-state index contributed by atoms with van der Waals surface area (Å²) in [5, 5.41) is 25.1. The first-order valence-electron chi connectivity index (χ1n) is 9.46. The third kappa shape index (κ3) is 3.62. The van der Waals surface area contributed by atoms with Crippen LogP contribution in [-0.2, 0) is 4.74 Å². The second kappa shape index (κ2) is 8.29. The fourth-order valence-corrected chi connectivity index (χ4v) is 3.60. The van der Waals surface area contributed by atoms with Crippen molar-refractivity contribution < 1.29 is 9.84 Å². The van der Waals surface area contributed by atoms with Crippen LogP contribution in [0.4, 0.5) is 0 Å². The highest BCUT2D eigenvalue weighted by molar-refractivity contribution is 6.38. The average Bonchev–Trinajstić information content (AvgIpc) is 3.15. The normalized spacial score (nSPS) is 13.5. The first-order valence-corrected chi connectivity index (χ1v) is 9.84. The molecular weight excluding hydrogens is 388 g/mol. The van der Waals surface area contributed by atoms with Crippen molar-refractivity contribution in [2.75, 3.05) is 6.61 Å². The Hall–Kier alpha value is -2.80. The highest BCUT2D eigenvalue weighted by Crippen LogP contribution is 2.38. The number of halogens is 1. The van der Waals surface area contributed by atoms with E-state index >= 15 is 0 Å². The second-order valence-corrected chi connectivity index (χ2v) is 7.05. The molecule has 29 heavy (non-hydrogen) atoms. The van der Waals surface area contributed by atoms with Gasteiger partial charge in [-0.15, -0.1) is 10.2 Å². The van der Waals surface area contributed by atoms with Crippen LogP contribution in [0, 0.1) is 0 Å². The number of nitrogens with zero attached hydrogens (tertiary/aromatic N) is 4. The summed E-state index contributed by atoms with van der Waals surface area (Å²) in [4.78, 5) is 0. The average molecular weight is 409 g/mol. The van der Waals surface area contributed by atoms with Crippen LogP contribution in [0.2, 0.25) is 5.02 Å². The molecule has 2 heterocycles. The maximum absolute atomic E-state index is 10.3. The highest BCUT2D eigenvalue weighted by Gasteiger charge is 2.26. The molecule has 0 bridgehead atoms. The molecule has 0 aliphatic heterocycles. The number of hydrogen-bond donors (Lipinski definition) is 1. The minimum atomic E-state index is -1.03. The Labute approximate surface area is 173 Å². The van der Waals surface area contributed by atoms with E-state index in [1.807, 2.05) is 74.5 Å². The summed E-state index contributed by atoms with van der Waals surface area (Å²) in [5.41, 5.74) is 3.56. The van der Waals surface area contributed by atoms with Crippen molar-refractivity contribution >= 4 is 22.6 Å². The van der Waals surface area contributed by atoms with Gasteiger partial charge in [-0.1, -0.05) is 72.3 Å². The zero-order valence-corrected chi connectivity index (χ0v) is 16.9. The molecule has 0 saturated carbocycles. The van der Waals surface area contributed by atoms with Crippen LogP contribution in [0.25, 0.3) is 33.5 Å². The van der Waals surface area contributed by atoms with E-state index < -0.39 is 12.3 Å². The quantitative estimate of drug-likeness (QED) is 0.467. The number of aromatic nitrogens is 4. The fourth-order valence-electron chi connectivity index (χ4n) is 3.28. The molecule has 0 aliphatic carbocycles. The van der Waals surface area contributed by atoms with Crippen molar-refractivity contribution in [1.82, 2.24) is 20.0 Å². The lowest BCUT2D eigenvalue weighted by atomic mass is 10.1. The van der Waals surface area contributed by atoms with Gasteiger partial charge in [0.15, 0.2) is 11.9 Å². The monoisotopic (exact) mass is 408 g/mol. The van der Waals surface area contributed by atoms with Crippen LogP contribution in [0.5, 0.6) is 0 Å². The number of aliphatic hydroxyl groups excluding tert-OH is 1. The number of hydrogen-bond acceptors (Lipinski definition) is 5. The van der Waals surface area contributed by atoms with Gasteiger partial charge in [-0.3, -0.25) is 0 Å². The topological polar surface area (TPSA) is 73.1 Å². The lowest BCUT2D eigenvalue weighted by Crippen LogP contribution is -2.25. The molecule has 2 aromatic heterocycles. The molecule has 0 aliphatic rings. The number of fused-ring (bicyclic) bond motifs is 1. The fraction of sp³-hybridized carbons (Fsp3) is 0.227. The van der Waals surface area contributed by atoms with Crippen LogP contribution < -0.4 is 0 Å². The molecule has 148 valence electrons. The Kier molecular flexibility index (Phi) is 5.58. The van der Waals surface area contributed by atoms with Gasteiger partial charge in [0.2, 0.25) is 0 Å². The van der Waals surface area contributed by atoms with E-state index in [9.17, 15) is 5.11 Å². The number of ether oxygens (including phenoxy) is 1. The summed E-state index contributed by atoms with van der Waals surface area (Å²) in [6.45, 7) is 4.04. The van der Waals surface area contributed by atoms with Crippen LogP contribution in [0.3, 0.4) is 0 Å². The number of benzene rings is 2. The molecule has 7 heteroatoms. The molecular formula is C22H21ClN4O2. The van der Waals surface area contributed by atoms with E-state index in [0.29, 0.717) is 34.1 Å². The third-order valence-electron chi connectivity index (χ3n) is 4.79. The van der Waals surface area contributed by atoms with Crippen molar-refractivity contribution in [3.05, 3.63) is 65.7 Å².